The monoisotopic (exact) mass is 252 g/mol. The van der Waals surface area contributed by atoms with Crippen molar-refractivity contribution in [2.24, 2.45) is 11.8 Å². The second-order valence-corrected chi connectivity index (χ2v) is 7.05. The molecule has 4 aliphatic rings. The Balaban J connectivity index is 1.51. The molecule has 3 heterocycles. The van der Waals surface area contributed by atoms with Crippen molar-refractivity contribution in [2.45, 2.75) is 57.1 Å². The maximum absolute atomic E-state index is 10.7. The van der Waals surface area contributed by atoms with Crippen LogP contribution in [0.4, 0.5) is 0 Å². The maximum atomic E-state index is 10.7. The zero-order chi connectivity index (χ0) is 12.6. The van der Waals surface area contributed by atoms with Gasteiger partial charge in [0.2, 0.25) is 0 Å². The molecule has 0 spiro atoms. The van der Waals surface area contributed by atoms with Gasteiger partial charge in [0, 0.05) is 19.1 Å². The molecule has 2 N–H and O–H groups in total. The number of piperidine rings is 3. The molecule has 0 aromatic carbocycles. The van der Waals surface area contributed by atoms with Crippen LogP contribution < -0.4 is 5.32 Å². The Morgan fingerprint density at radius 1 is 1.28 bits per heavy atom. The van der Waals surface area contributed by atoms with E-state index in [0.717, 1.165) is 25.3 Å². The van der Waals surface area contributed by atoms with Crippen LogP contribution in [0.3, 0.4) is 0 Å². The van der Waals surface area contributed by atoms with Gasteiger partial charge < -0.3 is 15.3 Å². The van der Waals surface area contributed by atoms with E-state index in [0.29, 0.717) is 12.0 Å². The molecule has 3 atom stereocenters. The quantitative estimate of drug-likeness (QED) is 0.801. The number of hydrogen-bond acceptors (Lipinski definition) is 3. The van der Waals surface area contributed by atoms with E-state index in [2.05, 4.69) is 17.1 Å². The minimum atomic E-state index is -0.427. The summed E-state index contributed by atoms with van der Waals surface area (Å²) >= 11 is 0. The molecule has 3 saturated heterocycles. The van der Waals surface area contributed by atoms with Crippen molar-refractivity contribution >= 4 is 0 Å². The fraction of sp³-hybridized carbons (Fsp3) is 1.00. The van der Waals surface area contributed by atoms with Gasteiger partial charge in [-0.3, -0.25) is 0 Å². The summed E-state index contributed by atoms with van der Waals surface area (Å²) in [5, 5.41) is 14.4. The van der Waals surface area contributed by atoms with Crippen molar-refractivity contribution in [1.29, 1.82) is 0 Å². The van der Waals surface area contributed by atoms with Gasteiger partial charge in [-0.2, -0.15) is 0 Å². The first-order valence-electron chi connectivity index (χ1n) is 7.83. The summed E-state index contributed by atoms with van der Waals surface area (Å²) in [7, 11) is 0. The normalized spacial score (nSPS) is 48.3. The number of nitrogens with zero attached hydrogens (tertiary/aromatic N) is 1. The van der Waals surface area contributed by atoms with Crippen LogP contribution in [-0.2, 0) is 0 Å². The molecular weight excluding hydrogens is 224 g/mol. The average Bonchev–Trinajstić information content (AvgIpc) is 2.38. The fourth-order valence-electron chi connectivity index (χ4n) is 4.31. The second-order valence-electron chi connectivity index (χ2n) is 7.05. The van der Waals surface area contributed by atoms with Crippen molar-refractivity contribution < 1.29 is 5.11 Å². The largest absolute Gasteiger partial charge is 0.389 e. The average molecular weight is 252 g/mol. The van der Waals surface area contributed by atoms with Gasteiger partial charge in [0.05, 0.1) is 5.60 Å². The minimum Gasteiger partial charge on any atom is -0.389 e. The van der Waals surface area contributed by atoms with Crippen LogP contribution in [0.5, 0.6) is 0 Å². The highest BCUT2D eigenvalue weighted by molar-refractivity contribution is 4.94. The van der Waals surface area contributed by atoms with E-state index in [9.17, 15) is 5.11 Å². The molecule has 3 heteroatoms. The molecule has 0 aromatic heterocycles. The molecule has 4 fully saturated rings. The fourth-order valence-corrected chi connectivity index (χ4v) is 4.31. The number of nitrogens with one attached hydrogen (secondary N) is 1. The Hall–Kier alpha value is -0.120. The lowest BCUT2D eigenvalue weighted by molar-refractivity contribution is -0.0220. The number of aliphatic hydroxyl groups is 1. The van der Waals surface area contributed by atoms with Crippen LogP contribution >= 0.6 is 0 Å². The van der Waals surface area contributed by atoms with E-state index in [-0.39, 0.29) is 0 Å². The van der Waals surface area contributed by atoms with E-state index >= 15 is 0 Å². The summed E-state index contributed by atoms with van der Waals surface area (Å²) in [6.07, 6.45) is 7.17. The summed E-state index contributed by atoms with van der Waals surface area (Å²) in [5.41, 5.74) is -0.427. The summed E-state index contributed by atoms with van der Waals surface area (Å²) in [4.78, 5) is 2.57. The lowest BCUT2D eigenvalue weighted by Gasteiger charge is -2.46. The highest BCUT2D eigenvalue weighted by Gasteiger charge is 2.37. The molecule has 1 aliphatic carbocycles. The number of rotatable bonds is 3. The summed E-state index contributed by atoms with van der Waals surface area (Å²) in [6.45, 7) is 6.88. The summed E-state index contributed by atoms with van der Waals surface area (Å²) in [5.74, 6) is 1.55. The van der Waals surface area contributed by atoms with Crippen LogP contribution in [0.1, 0.15) is 45.4 Å². The Labute approximate surface area is 111 Å². The van der Waals surface area contributed by atoms with Gasteiger partial charge >= 0.3 is 0 Å². The van der Waals surface area contributed by atoms with Gasteiger partial charge in [0.25, 0.3) is 0 Å². The lowest BCUT2D eigenvalue weighted by atomic mass is 9.78. The predicted octanol–water partition coefficient (Wildman–Crippen LogP) is 1.61. The Morgan fingerprint density at radius 3 is 2.67 bits per heavy atom. The van der Waals surface area contributed by atoms with Gasteiger partial charge in [-0.1, -0.05) is 19.8 Å². The second kappa shape index (κ2) is 5.10. The molecule has 0 amide bonds. The maximum Gasteiger partial charge on any atom is 0.0774 e. The Morgan fingerprint density at radius 2 is 2.06 bits per heavy atom. The molecule has 1 saturated carbocycles. The van der Waals surface area contributed by atoms with Crippen LogP contribution in [0.25, 0.3) is 0 Å². The first kappa shape index (κ1) is 12.9. The SMILES string of the molecule is CC1CCCC(O)(CNC2CN3CCC2CC3)C1. The van der Waals surface area contributed by atoms with Gasteiger partial charge in [-0.25, -0.2) is 0 Å². The van der Waals surface area contributed by atoms with Crippen LogP contribution in [0, 0.1) is 11.8 Å². The highest BCUT2D eigenvalue weighted by atomic mass is 16.3. The van der Waals surface area contributed by atoms with E-state index in [1.54, 1.807) is 0 Å². The standard InChI is InChI=1S/C15H28N2O/c1-12-3-2-6-15(18,9-12)11-16-14-10-17-7-4-13(14)5-8-17/h12-14,16,18H,2-11H2,1H3. The first-order chi connectivity index (χ1) is 8.65. The molecule has 3 unspecified atom stereocenters. The van der Waals surface area contributed by atoms with Crippen LogP contribution in [-0.4, -0.2) is 47.8 Å². The van der Waals surface area contributed by atoms with Crippen molar-refractivity contribution in [2.75, 3.05) is 26.2 Å². The van der Waals surface area contributed by atoms with Gasteiger partial charge in [-0.05, 0) is 50.6 Å². The molecular formula is C15H28N2O. The van der Waals surface area contributed by atoms with Crippen LogP contribution in [0.2, 0.25) is 0 Å². The third-order valence-corrected chi connectivity index (χ3v) is 5.42. The summed E-state index contributed by atoms with van der Waals surface area (Å²) < 4.78 is 0. The molecule has 0 aromatic rings. The van der Waals surface area contributed by atoms with Gasteiger partial charge in [-0.15, -0.1) is 0 Å². The summed E-state index contributed by atoms with van der Waals surface area (Å²) in [6, 6.07) is 0.633. The molecule has 3 aliphatic heterocycles. The van der Waals surface area contributed by atoms with E-state index in [4.69, 9.17) is 0 Å². The van der Waals surface area contributed by atoms with Crippen molar-refractivity contribution in [1.82, 2.24) is 10.2 Å². The topological polar surface area (TPSA) is 35.5 Å². The third kappa shape index (κ3) is 2.73. The third-order valence-electron chi connectivity index (χ3n) is 5.42. The minimum absolute atomic E-state index is 0.427. The van der Waals surface area contributed by atoms with Crippen molar-refractivity contribution in [3.05, 3.63) is 0 Å². The van der Waals surface area contributed by atoms with E-state index < -0.39 is 5.60 Å². The van der Waals surface area contributed by atoms with Crippen molar-refractivity contribution in [3.63, 3.8) is 0 Å². The number of hydrogen-bond donors (Lipinski definition) is 2. The Kier molecular flexibility index (Phi) is 3.65. The van der Waals surface area contributed by atoms with E-state index in [1.807, 2.05) is 0 Å². The Bertz CT molecular complexity index is 288. The zero-order valence-electron chi connectivity index (χ0n) is 11.7. The van der Waals surface area contributed by atoms with Gasteiger partial charge in [0.1, 0.15) is 0 Å². The smallest absolute Gasteiger partial charge is 0.0774 e. The predicted molar refractivity (Wildman–Crippen MR) is 73.5 cm³/mol. The zero-order valence-corrected chi connectivity index (χ0v) is 11.7. The first-order valence-corrected chi connectivity index (χ1v) is 7.83. The van der Waals surface area contributed by atoms with Gasteiger partial charge in [0.15, 0.2) is 0 Å². The van der Waals surface area contributed by atoms with Crippen LogP contribution in [0.15, 0.2) is 0 Å². The molecule has 0 radical (unpaired) electrons. The van der Waals surface area contributed by atoms with Crippen molar-refractivity contribution in [3.8, 4) is 0 Å². The molecule has 18 heavy (non-hydrogen) atoms. The molecule has 3 nitrogen and oxygen atoms in total. The molecule has 4 rings (SSSR count). The van der Waals surface area contributed by atoms with E-state index in [1.165, 1.54) is 45.3 Å². The molecule has 104 valence electrons. The highest BCUT2D eigenvalue weighted by Crippen LogP contribution is 2.33. The lowest BCUT2D eigenvalue weighted by Crippen LogP contribution is -2.58. The molecule has 2 bridgehead atoms. The number of fused-ring (bicyclic) bond motifs is 3.